The van der Waals surface area contributed by atoms with Crippen LogP contribution in [0.15, 0.2) is 61.1 Å². The van der Waals surface area contributed by atoms with Crippen molar-refractivity contribution < 1.29 is 9.59 Å². The Labute approximate surface area is 155 Å². The van der Waals surface area contributed by atoms with Crippen molar-refractivity contribution >= 4 is 23.3 Å². The molecule has 1 N–H and O–H groups in total. The Morgan fingerprint density at radius 3 is 2.62 bits per heavy atom. The Kier molecular flexibility index (Phi) is 5.76. The first-order chi connectivity index (χ1) is 12.6. The largest absolute Gasteiger partial charge is 0.352 e. The maximum atomic E-state index is 12.1. The zero-order valence-corrected chi connectivity index (χ0v) is 14.7. The van der Waals surface area contributed by atoms with E-state index in [0.717, 1.165) is 5.56 Å². The molecule has 1 amide bonds. The Morgan fingerprint density at radius 2 is 1.88 bits per heavy atom. The molecule has 0 aliphatic carbocycles. The van der Waals surface area contributed by atoms with Crippen LogP contribution in [-0.2, 0) is 11.3 Å². The average Bonchev–Trinajstić information content (AvgIpc) is 3.20. The molecular formula is C19H17ClN4O2. The lowest BCUT2D eigenvalue weighted by molar-refractivity contribution is -0.121. The fourth-order valence-electron chi connectivity index (χ4n) is 2.40. The molecule has 7 heteroatoms. The SMILES string of the molecule is O=C(CCC(=O)c1ccc(Cl)cc1)NCc1ccnc(-n2cccn2)c1. The molecule has 0 saturated carbocycles. The Balaban J connectivity index is 1.49. The number of carbonyl (C=O) groups excluding carboxylic acids is 2. The molecule has 0 atom stereocenters. The molecule has 2 aromatic heterocycles. The Morgan fingerprint density at radius 1 is 1.08 bits per heavy atom. The molecule has 0 aliphatic rings. The van der Waals surface area contributed by atoms with Crippen LogP contribution in [0.25, 0.3) is 5.82 Å². The van der Waals surface area contributed by atoms with E-state index in [2.05, 4.69) is 15.4 Å². The number of aromatic nitrogens is 3. The number of hydrogen-bond donors (Lipinski definition) is 1. The summed E-state index contributed by atoms with van der Waals surface area (Å²) in [6.07, 6.45) is 5.43. The van der Waals surface area contributed by atoms with Gasteiger partial charge in [-0.25, -0.2) is 9.67 Å². The first-order valence-corrected chi connectivity index (χ1v) is 8.50. The molecule has 0 aliphatic heterocycles. The molecule has 0 fully saturated rings. The Bertz CT molecular complexity index is 892. The molecule has 2 heterocycles. The highest BCUT2D eigenvalue weighted by Gasteiger charge is 2.09. The van der Waals surface area contributed by atoms with E-state index in [9.17, 15) is 9.59 Å². The third-order valence-electron chi connectivity index (χ3n) is 3.78. The third kappa shape index (κ3) is 4.77. The maximum Gasteiger partial charge on any atom is 0.220 e. The highest BCUT2D eigenvalue weighted by molar-refractivity contribution is 6.30. The Hall–Kier alpha value is -2.99. The molecule has 0 bridgehead atoms. The monoisotopic (exact) mass is 368 g/mol. The van der Waals surface area contributed by atoms with E-state index < -0.39 is 0 Å². The number of nitrogens with one attached hydrogen (secondary N) is 1. The van der Waals surface area contributed by atoms with Crippen molar-refractivity contribution in [2.75, 3.05) is 0 Å². The van der Waals surface area contributed by atoms with E-state index in [4.69, 9.17) is 11.6 Å². The quantitative estimate of drug-likeness (QED) is 0.650. The van der Waals surface area contributed by atoms with Gasteiger partial charge in [0.15, 0.2) is 11.6 Å². The third-order valence-corrected chi connectivity index (χ3v) is 4.04. The second kappa shape index (κ2) is 8.40. The first kappa shape index (κ1) is 17.8. The lowest BCUT2D eigenvalue weighted by Crippen LogP contribution is -2.23. The van der Waals surface area contributed by atoms with Gasteiger partial charge in [0.1, 0.15) is 0 Å². The fraction of sp³-hybridized carbons (Fsp3) is 0.158. The summed E-state index contributed by atoms with van der Waals surface area (Å²) in [5.41, 5.74) is 1.46. The number of hydrogen-bond acceptors (Lipinski definition) is 4. The standard InChI is InChI=1S/C19H17ClN4O2/c20-16-4-2-15(3-5-16)17(25)6-7-19(26)22-13-14-8-10-21-18(12-14)24-11-1-9-23-24/h1-5,8-12H,6-7,13H2,(H,22,26). The molecule has 132 valence electrons. The van der Waals surface area contributed by atoms with Crippen molar-refractivity contribution in [3.8, 4) is 5.82 Å². The predicted octanol–water partition coefficient (Wildman–Crippen LogP) is 3.20. The number of Topliss-reactive ketones (excluding diaryl/α,β-unsaturated/α-hetero) is 1. The fourth-order valence-corrected chi connectivity index (χ4v) is 2.52. The van der Waals surface area contributed by atoms with Crippen molar-refractivity contribution in [2.24, 2.45) is 0 Å². The van der Waals surface area contributed by atoms with Crippen LogP contribution in [0.5, 0.6) is 0 Å². The van der Waals surface area contributed by atoms with Gasteiger partial charge in [-0.05, 0) is 48.0 Å². The van der Waals surface area contributed by atoms with Crippen LogP contribution >= 0.6 is 11.6 Å². The van der Waals surface area contributed by atoms with Crippen LogP contribution in [0.3, 0.4) is 0 Å². The van der Waals surface area contributed by atoms with Crippen LogP contribution in [0.2, 0.25) is 5.02 Å². The van der Waals surface area contributed by atoms with E-state index in [0.29, 0.717) is 22.9 Å². The zero-order chi connectivity index (χ0) is 18.4. The van der Waals surface area contributed by atoms with Crippen molar-refractivity contribution in [1.82, 2.24) is 20.1 Å². The average molecular weight is 369 g/mol. The number of rotatable bonds is 7. The topological polar surface area (TPSA) is 76.9 Å². The van der Waals surface area contributed by atoms with Gasteiger partial charge in [0.25, 0.3) is 0 Å². The molecule has 26 heavy (non-hydrogen) atoms. The minimum Gasteiger partial charge on any atom is -0.352 e. The van der Waals surface area contributed by atoms with Gasteiger partial charge >= 0.3 is 0 Å². The molecule has 0 saturated heterocycles. The molecule has 3 aromatic rings. The predicted molar refractivity (Wildman–Crippen MR) is 98.2 cm³/mol. The summed E-state index contributed by atoms with van der Waals surface area (Å²) >= 11 is 5.80. The summed E-state index contributed by atoms with van der Waals surface area (Å²) in [4.78, 5) is 28.3. The number of pyridine rings is 1. The van der Waals surface area contributed by atoms with Gasteiger partial charge in [-0.1, -0.05) is 11.6 Å². The van der Waals surface area contributed by atoms with E-state index >= 15 is 0 Å². The minimum atomic E-state index is -0.176. The summed E-state index contributed by atoms with van der Waals surface area (Å²) in [5.74, 6) is 0.422. The van der Waals surface area contributed by atoms with E-state index in [-0.39, 0.29) is 24.5 Å². The number of amides is 1. The molecular weight excluding hydrogens is 352 g/mol. The number of carbonyl (C=O) groups is 2. The van der Waals surface area contributed by atoms with Gasteiger partial charge in [0, 0.05) is 48.6 Å². The number of halogens is 1. The van der Waals surface area contributed by atoms with E-state index in [1.165, 1.54) is 0 Å². The molecule has 0 spiro atoms. The molecule has 0 unspecified atom stereocenters. The summed E-state index contributed by atoms with van der Waals surface area (Å²) < 4.78 is 1.65. The summed E-state index contributed by atoms with van der Waals surface area (Å²) in [6, 6.07) is 12.1. The lowest BCUT2D eigenvalue weighted by atomic mass is 10.1. The van der Waals surface area contributed by atoms with Gasteiger partial charge in [-0.15, -0.1) is 0 Å². The number of ketones is 1. The highest BCUT2D eigenvalue weighted by Crippen LogP contribution is 2.12. The minimum absolute atomic E-state index is 0.0818. The van der Waals surface area contributed by atoms with Gasteiger partial charge in [0.05, 0.1) is 0 Å². The van der Waals surface area contributed by atoms with Crippen LogP contribution in [-0.4, -0.2) is 26.5 Å². The first-order valence-electron chi connectivity index (χ1n) is 8.12. The summed E-state index contributed by atoms with van der Waals surface area (Å²) in [6.45, 7) is 0.366. The van der Waals surface area contributed by atoms with Gasteiger partial charge < -0.3 is 5.32 Å². The van der Waals surface area contributed by atoms with Crippen LogP contribution in [0.1, 0.15) is 28.8 Å². The second-order valence-electron chi connectivity index (χ2n) is 5.68. The normalized spacial score (nSPS) is 10.5. The van der Waals surface area contributed by atoms with Crippen LogP contribution in [0, 0.1) is 0 Å². The maximum absolute atomic E-state index is 12.1. The number of benzene rings is 1. The van der Waals surface area contributed by atoms with Crippen molar-refractivity contribution in [2.45, 2.75) is 19.4 Å². The van der Waals surface area contributed by atoms with E-state index in [1.54, 1.807) is 47.5 Å². The lowest BCUT2D eigenvalue weighted by Gasteiger charge is -2.07. The molecule has 0 radical (unpaired) electrons. The summed E-state index contributed by atoms with van der Waals surface area (Å²) in [7, 11) is 0. The van der Waals surface area contributed by atoms with Crippen LogP contribution in [0.4, 0.5) is 0 Å². The van der Waals surface area contributed by atoms with Crippen molar-refractivity contribution in [1.29, 1.82) is 0 Å². The molecule has 6 nitrogen and oxygen atoms in total. The van der Waals surface area contributed by atoms with Crippen molar-refractivity contribution in [3.05, 3.63) is 77.2 Å². The number of nitrogens with zero attached hydrogens (tertiary/aromatic N) is 3. The summed E-state index contributed by atoms with van der Waals surface area (Å²) in [5, 5.41) is 7.52. The van der Waals surface area contributed by atoms with E-state index in [1.807, 2.05) is 18.2 Å². The molecule has 1 aromatic carbocycles. The van der Waals surface area contributed by atoms with Crippen molar-refractivity contribution in [3.63, 3.8) is 0 Å². The smallest absolute Gasteiger partial charge is 0.220 e. The van der Waals surface area contributed by atoms with Crippen LogP contribution < -0.4 is 5.32 Å². The second-order valence-corrected chi connectivity index (χ2v) is 6.12. The molecule has 3 rings (SSSR count). The van der Waals surface area contributed by atoms with Gasteiger partial charge in [-0.2, -0.15) is 5.10 Å². The highest BCUT2D eigenvalue weighted by atomic mass is 35.5. The van der Waals surface area contributed by atoms with Gasteiger partial charge in [0.2, 0.25) is 5.91 Å². The van der Waals surface area contributed by atoms with Gasteiger partial charge in [-0.3, -0.25) is 9.59 Å². The zero-order valence-electron chi connectivity index (χ0n) is 13.9.